The molecule has 6 aromatic carbocycles. The molecular weight excluding hydrogens is 678 g/mol. The standard InChI is InChI=1S/C47H37F3N4/c1-45(2,3)31-15-17-36-34-11-7-9-13-39(34)53(43(36)24-31)41-22-30(29-19-28(26-51)20-33(21-29)47(48,49)50)23-42(38(41)27-52)54-40-14-10-8-12-35(40)37-18-16-32(25-44(37)54)46(4,5)6/h7-25H,1-6H3. The molecule has 0 fully saturated rings. The quantitative estimate of drug-likeness (QED) is 0.183. The molecule has 0 aliphatic heterocycles. The molecule has 8 aromatic rings. The van der Waals surface area contributed by atoms with E-state index < -0.39 is 11.7 Å². The minimum atomic E-state index is -4.67. The SMILES string of the molecule is CC(C)(C)c1ccc2c3ccccc3n(-c3cc(-c4cc(C#N)cc(C(F)(F)F)c4)cc(-n4c5ccccc5c5ccc(C(C)(C)C)cc54)c3C#N)c2c1. The maximum Gasteiger partial charge on any atom is 0.416 e. The number of para-hydroxylation sites is 2. The summed E-state index contributed by atoms with van der Waals surface area (Å²) in [6, 6.07) is 40.3. The van der Waals surface area contributed by atoms with Crippen LogP contribution in [0.15, 0.2) is 115 Å². The van der Waals surface area contributed by atoms with Crippen molar-refractivity contribution in [3.63, 3.8) is 0 Å². The van der Waals surface area contributed by atoms with E-state index >= 15 is 0 Å². The predicted molar refractivity (Wildman–Crippen MR) is 212 cm³/mol. The van der Waals surface area contributed by atoms with Gasteiger partial charge in [0.25, 0.3) is 0 Å². The smallest absolute Gasteiger partial charge is 0.308 e. The fraction of sp³-hybridized carbons (Fsp3) is 0.191. The van der Waals surface area contributed by atoms with Gasteiger partial charge in [0.2, 0.25) is 0 Å². The number of nitrogens with zero attached hydrogens (tertiary/aromatic N) is 4. The third-order valence-corrected chi connectivity index (χ3v) is 10.5. The lowest BCUT2D eigenvalue weighted by atomic mass is 9.86. The van der Waals surface area contributed by atoms with Crippen LogP contribution in [0.3, 0.4) is 0 Å². The highest BCUT2D eigenvalue weighted by molar-refractivity contribution is 6.11. The fourth-order valence-electron chi connectivity index (χ4n) is 7.66. The summed E-state index contributed by atoms with van der Waals surface area (Å²) in [5.74, 6) is 0. The Morgan fingerprint density at radius 2 is 0.907 bits per heavy atom. The van der Waals surface area contributed by atoms with Gasteiger partial charge in [0.1, 0.15) is 11.6 Å². The Morgan fingerprint density at radius 3 is 1.33 bits per heavy atom. The highest BCUT2D eigenvalue weighted by atomic mass is 19.4. The minimum Gasteiger partial charge on any atom is -0.308 e. The van der Waals surface area contributed by atoms with E-state index in [0.29, 0.717) is 22.5 Å². The van der Waals surface area contributed by atoms with Gasteiger partial charge in [-0.2, -0.15) is 23.7 Å². The maximum atomic E-state index is 14.3. The molecule has 0 saturated heterocycles. The molecule has 2 heterocycles. The summed E-state index contributed by atoms with van der Waals surface area (Å²) in [4.78, 5) is 0. The average Bonchev–Trinajstić information content (AvgIpc) is 3.65. The summed E-state index contributed by atoms with van der Waals surface area (Å²) in [7, 11) is 0. The molecule has 0 saturated carbocycles. The second kappa shape index (κ2) is 12.1. The normalized spacial score (nSPS) is 12.5. The predicted octanol–water partition coefficient (Wildman–Crippen LogP) is 12.9. The molecule has 0 bridgehead atoms. The van der Waals surface area contributed by atoms with Crippen LogP contribution in [0.1, 0.15) is 69.4 Å². The van der Waals surface area contributed by atoms with Gasteiger partial charge in [-0.1, -0.05) is 102 Å². The highest BCUT2D eigenvalue weighted by Gasteiger charge is 2.32. The molecule has 0 N–H and O–H groups in total. The van der Waals surface area contributed by atoms with Gasteiger partial charge in [-0.05, 0) is 87.7 Å². The number of fused-ring (bicyclic) bond motifs is 6. The van der Waals surface area contributed by atoms with Crippen LogP contribution in [0.5, 0.6) is 0 Å². The molecule has 2 aromatic heterocycles. The Labute approximate surface area is 311 Å². The Bertz CT molecular complexity index is 2760. The van der Waals surface area contributed by atoms with E-state index in [1.165, 1.54) is 6.07 Å². The van der Waals surface area contributed by atoms with E-state index in [1.807, 2.05) is 42.5 Å². The largest absolute Gasteiger partial charge is 0.416 e. The second-order valence-electron chi connectivity index (χ2n) is 16.1. The van der Waals surface area contributed by atoms with Crippen molar-refractivity contribution in [2.75, 3.05) is 0 Å². The van der Waals surface area contributed by atoms with Gasteiger partial charge < -0.3 is 9.13 Å². The molecule has 0 amide bonds. The maximum absolute atomic E-state index is 14.3. The van der Waals surface area contributed by atoms with Crippen LogP contribution >= 0.6 is 0 Å². The molecule has 8 rings (SSSR count). The summed E-state index contributed by atoms with van der Waals surface area (Å²) in [5, 5.41) is 25.1. The third-order valence-electron chi connectivity index (χ3n) is 10.5. The van der Waals surface area contributed by atoms with Crippen molar-refractivity contribution >= 4 is 43.6 Å². The van der Waals surface area contributed by atoms with Crippen LogP contribution in [0, 0.1) is 22.7 Å². The van der Waals surface area contributed by atoms with Gasteiger partial charge in [0.15, 0.2) is 0 Å². The zero-order chi connectivity index (χ0) is 38.3. The molecule has 0 aliphatic carbocycles. The van der Waals surface area contributed by atoms with Gasteiger partial charge in [-0.3, -0.25) is 0 Å². The number of benzene rings is 6. The van der Waals surface area contributed by atoms with E-state index in [2.05, 4.69) is 105 Å². The van der Waals surface area contributed by atoms with Gasteiger partial charge in [0.05, 0.1) is 50.6 Å². The Hall–Kier alpha value is -6.31. The molecule has 54 heavy (non-hydrogen) atoms. The first-order valence-corrected chi connectivity index (χ1v) is 17.9. The molecule has 0 spiro atoms. The second-order valence-corrected chi connectivity index (χ2v) is 16.1. The molecule has 0 radical (unpaired) electrons. The minimum absolute atomic E-state index is 0.106. The lowest BCUT2D eigenvalue weighted by Gasteiger charge is -2.22. The summed E-state index contributed by atoms with van der Waals surface area (Å²) in [6.07, 6.45) is -4.67. The topological polar surface area (TPSA) is 57.4 Å². The lowest BCUT2D eigenvalue weighted by Crippen LogP contribution is -2.11. The number of hydrogen-bond donors (Lipinski definition) is 0. The Morgan fingerprint density at radius 1 is 0.463 bits per heavy atom. The molecule has 0 aliphatic rings. The van der Waals surface area contributed by atoms with Gasteiger partial charge >= 0.3 is 6.18 Å². The van der Waals surface area contributed by atoms with E-state index in [0.717, 1.165) is 66.9 Å². The molecule has 4 nitrogen and oxygen atoms in total. The van der Waals surface area contributed by atoms with Gasteiger partial charge in [-0.15, -0.1) is 0 Å². The molecule has 7 heteroatoms. The Kier molecular flexibility index (Phi) is 7.80. The van der Waals surface area contributed by atoms with Crippen LogP contribution in [-0.4, -0.2) is 9.13 Å². The van der Waals surface area contributed by atoms with Gasteiger partial charge in [0, 0.05) is 21.5 Å². The van der Waals surface area contributed by atoms with E-state index in [1.54, 1.807) is 12.1 Å². The number of aromatic nitrogens is 2. The highest BCUT2D eigenvalue weighted by Crippen LogP contribution is 2.43. The summed E-state index contributed by atoms with van der Waals surface area (Å²) < 4.78 is 47.1. The monoisotopic (exact) mass is 714 g/mol. The zero-order valence-electron chi connectivity index (χ0n) is 30.9. The van der Waals surface area contributed by atoms with Crippen molar-refractivity contribution in [1.29, 1.82) is 10.5 Å². The van der Waals surface area contributed by atoms with Crippen LogP contribution in [0.25, 0.3) is 66.1 Å². The first-order valence-electron chi connectivity index (χ1n) is 17.9. The zero-order valence-corrected chi connectivity index (χ0v) is 30.9. The summed E-state index contributed by atoms with van der Waals surface area (Å²) in [6.45, 7) is 12.9. The van der Waals surface area contributed by atoms with Crippen molar-refractivity contribution in [1.82, 2.24) is 9.13 Å². The van der Waals surface area contributed by atoms with Crippen molar-refractivity contribution in [3.8, 4) is 34.6 Å². The third kappa shape index (κ3) is 5.60. The molecule has 0 unspecified atom stereocenters. The number of alkyl halides is 3. The first kappa shape index (κ1) is 34.8. The molecule has 266 valence electrons. The molecular formula is C47H37F3N4. The van der Waals surface area contributed by atoms with Crippen LogP contribution in [0.4, 0.5) is 13.2 Å². The van der Waals surface area contributed by atoms with Crippen LogP contribution in [-0.2, 0) is 17.0 Å². The van der Waals surface area contributed by atoms with Crippen molar-refractivity contribution in [3.05, 3.63) is 143 Å². The van der Waals surface area contributed by atoms with E-state index in [-0.39, 0.29) is 22.0 Å². The van der Waals surface area contributed by atoms with Crippen molar-refractivity contribution in [2.24, 2.45) is 0 Å². The van der Waals surface area contributed by atoms with Crippen LogP contribution in [0.2, 0.25) is 0 Å². The van der Waals surface area contributed by atoms with E-state index in [9.17, 15) is 23.7 Å². The summed E-state index contributed by atoms with van der Waals surface area (Å²) >= 11 is 0. The number of halogens is 3. The number of nitriles is 2. The average molecular weight is 715 g/mol. The fourth-order valence-corrected chi connectivity index (χ4v) is 7.66. The van der Waals surface area contributed by atoms with Crippen molar-refractivity contribution in [2.45, 2.75) is 58.5 Å². The molecule has 0 atom stereocenters. The van der Waals surface area contributed by atoms with E-state index in [4.69, 9.17) is 0 Å². The lowest BCUT2D eigenvalue weighted by molar-refractivity contribution is -0.137. The number of hydrogen-bond acceptors (Lipinski definition) is 2. The first-order chi connectivity index (χ1) is 25.6. The Balaban J connectivity index is 1.58. The van der Waals surface area contributed by atoms with Gasteiger partial charge in [-0.25, -0.2) is 0 Å². The van der Waals surface area contributed by atoms with Crippen molar-refractivity contribution < 1.29 is 13.2 Å². The number of rotatable bonds is 3. The van der Waals surface area contributed by atoms with Crippen LogP contribution < -0.4 is 0 Å². The summed E-state index contributed by atoms with van der Waals surface area (Å²) in [5.41, 5.74) is 6.36.